The van der Waals surface area contributed by atoms with Crippen LogP contribution in [-0.2, 0) is 16.0 Å². The molecule has 1 N–H and O–H groups in total. The number of carbonyl (C=O) groups excluding carboxylic acids is 2. The molecule has 1 aliphatic heterocycles. The topological polar surface area (TPSA) is 62.3 Å². The van der Waals surface area contributed by atoms with Crippen LogP contribution in [0.4, 0.5) is 0 Å². The van der Waals surface area contributed by atoms with E-state index in [0.717, 1.165) is 24.3 Å². The first-order valence-corrected chi connectivity index (χ1v) is 8.85. The molecule has 1 aromatic heterocycles. The Kier molecular flexibility index (Phi) is 4.47. The third kappa shape index (κ3) is 3.16. The van der Waals surface area contributed by atoms with Crippen LogP contribution in [-0.4, -0.2) is 41.3 Å². The second-order valence-corrected chi connectivity index (χ2v) is 7.61. The lowest BCUT2D eigenvalue weighted by atomic mass is 9.91. The van der Waals surface area contributed by atoms with Gasteiger partial charge in [-0.2, -0.15) is 0 Å². The van der Waals surface area contributed by atoms with Gasteiger partial charge in [0.05, 0.1) is 16.6 Å². The van der Waals surface area contributed by atoms with Crippen molar-refractivity contribution in [3.05, 3.63) is 15.6 Å². The quantitative estimate of drug-likeness (QED) is 0.924. The Morgan fingerprint density at radius 3 is 2.95 bits per heavy atom. The van der Waals surface area contributed by atoms with Crippen molar-refractivity contribution in [1.82, 2.24) is 15.2 Å². The average molecular weight is 321 g/mol. The maximum absolute atomic E-state index is 12.3. The summed E-state index contributed by atoms with van der Waals surface area (Å²) in [5.74, 6) is 0.445. The molecule has 0 saturated carbocycles. The summed E-state index contributed by atoms with van der Waals surface area (Å²) in [4.78, 5) is 31.5. The lowest BCUT2D eigenvalue weighted by Gasteiger charge is -2.22. The minimum atomic E-state index is -0.0517. The molecule has 0 radical (unpaired) electrons. The van der Waals surface area contributed by atoms with E-state index in [-0.39, 0.29) is 17.7 Å². The van der Waals surface area contributed by atoms with Crippen LogP contribution in [0.2, 0.25) is 0 Å². The van der Waals surface area contributed by atoms with Crippen molar-refractivity contribution in [3.63, 3.8) is 0 Å². The van der Waals surface area contributed by atoms with Gasteiger partial charge in [-0.1, -0.05) is 0 Å². The number of aromatic nitrogens is 1. The van der Waals surface area contributed by atoms with Crippen molar-refractivity contribution in [2.45, 2.75) is 45.4 Å². The minimum absolute atomic E-state index is 0.0517. The van der Waals surface area contributed by atoms with Crippen molar-refractivity contribution < 1.29 is 9.59 Å². The number of aryl methyl sites for hydroxylation is 2. The molecule has 5 nitrogen and oxygen atoms in total. The van der Waals surface area contributed by atoms with Crippen LogP contribution in [0.5, 0.6) is 0 Å². The van der Waals surface area contributed by atoms with Crippen LogP contribution in [0.1, 0.15) is 47.7 Å². The maximum Gasteiger partial charge on any atom is 0.224 e. The second kappa shape index (κ2) is 6.36. The fourth-order valence-corrected chi connectivity index (χ4v) is 4.52. The second-order valence-electron chi connectivity index (χ2n) is 6.33. The predicted molar refractivity (Wildman–Crippen MR) is 85.9 cm³/mol. The normalized spacial score (nSPS) is 24.2. The molecule has 1 fully saturated rings. The highest BCUT2D eigenvalue weighted by molar-refractivity contribution is 7.11. The lowest BCUT2D eigenvalue weighted by Crippen LogP contribution is -2.36. The molecule has 2 atom stereocenters. The number of hydrogen-bond acceptors (Lipinski definition) is 4. The fourth-order valence-electron chi connectivity index (χ4n) is 3.46. The molecule has 120 valence electrons. The van der Waals surface area contributed by atoms with Crippen molar-refractivity contribution in [3.8, 4) is 0 Å². The zero-order valence-corrected chi connectivity index (χ0v) is 14.0. The Bertz CT molecular complexity index is 584. The zero-order valence-electron chi connectivity index (χ0n) is 13.2. The molecule has 0 bridgehead atoms. The first kappa shape index (κ1) is 15.5. The molecule has 0 unspecified atom stereocenters. The lowest BCUT2D eigenvalue weighted by molar-refractivity contribution is -0.128. The number of thiazole rings is 1. The van der Waals surface area contributed by atoms with Gasteiger partial charge in [-0.05, 0) is 32.6 Å². The first-order chi connectivity index (χ1) is 10.5. The van der Waals surface area contributed by atoms with E-state index < -0.39 is 0 Å². The highest BCUT2D eigenvalue weighted by Crippen LogP contribution is 2.34. The van der Waals surface area contributed by atoms with Crippen LogP contribution in [0, 0.1) is 12.8 Å². The maximum atomic E-state index is 12.3. The van der Waals surface area contributed by atoms with Gasteiger partial charge in [0.15, 0.2) is 0 Å². The largest absolute Gasteiger partial charge is 0.355 e. The first-order valence-electron chi connectivity index (χ1n) is 8.04. The van der Waals surface area contributed by atoms with Gasteiger partial charge in [-0.15, -0.1) is 11.3 Å². The van der Waals surface area contributed by atoms with Crippen molar-refractivity contribution in [2.75, 3.05) is 19.6 Å². The number of fused-ring (bicyclic) bond motifs is 1. The predicted octanol–water partition coefficient (Wildman–Crippen LogP) is 1.86. The smallest absolute Gasteiger partial charge is 0.224 e. The number of nitrogens with zero attached hydrogens (tertiary/aromatic N) is 2. The highest BCUT2D eigenvalue weighted by Gasteiger charge is 2.30. The summed E-state index contributed by atoms with van der Waals surface area (Å²) in [6.45, 7) is 5.55. The standard InChI is InChI=1S/C16H23N3O2S/c1-10-18-15-12(4-3-5-14(15)22-10)8-17-16(21)13-6-7-19(9-13)11(2)20/h12-13H,3-9H2,1-2H3,(H,17,21)/t12-,13+/m0/s1. The van der Waals surface area contributed by atoms with E-state index in [0.29, 0.717) is 25.6 Å². The molecule has 0 aromatic carbocycles. The zero-order chi connectivity index (χ0) is 15.7. The molecule has 1 saturated heterocycles. The van der Waals surface area contributed by atoms with Gasteiger partial charge >= 0.3 is 0 Å². The number of likely N-dealkylation sites (tertiary alicyclic amines) is 1. The molecule has 6 heteroatoms. The Hall–Kier alpha value is -1.43. The number of rotatable bonds is 3. The van der Waals surface area contributed by atoms with Gasteiger partial charge in [-0.3, -0.25) is 9.59 Å². The molecule has 2 aliphatic rings. The molecule has 1 aromatic rings. The van der Waals surface area contributed by atoms with Gasteiger partial charge in [0, 0.05) is 37.4 Å². The fraction of sp³-hybridized carbons (Fsp3) is 0.688. The van der Waals surface area contributed by atoms with Crippen LogP contribution in [0.25, 0.3) is 0 Å². The molecule has 2 amide bonds. The molecule has 2 heterocycles. The summed E-state index contributed by atoms with van der Waals surface area (Å²) >= 11 is 1.79. The van der Waals surface area contributed by atoms with E-state index in [1.54, 1.807) is 23.2 Å². The van der Waals surface area contributed by atoms with E-state index in [4.69, 9.17) is 0 Å². The number of carbonyl (C=O) groups is 2. The van der Waals surface area contributed by atoms with Gasteiger partial charge in [-0.25, -0.2) is 4.98 Å². The molecular formula is C16H23N3O2S. The van der Waals surface area contributed by atoms with E-state index in [1.807, 2.05) is 6.92 Å². The van der Waals surface area contributed by atoms with E-state index in [2.05, 4.69) is 10.3 Å². The summed E-state index contributed by atoms with van der Waals surface area (Å²) in [5, 5.41) is 4.21. The number of hydrogen-bond donors (Lipinski definition) is 1. The third-order valence-corrected chi connectivity index (χ3v) is 5.75. The number of nitrogens with one attached hydrogen (secondary N) is 1. The Labute approximate surface area is 135 Å². The van der Waals surface area contributed by atoms with Crippen LogP contribution in [0.15, 0.2) is 0 Å². The Morgan fingerprint density at radius 2 is 2.23 bits per heavy atom. The summed E-state index contributed by atoms with van der Waals surface area (Å²) in [5.41, 5.74) is 1.20. The monoisotopic (exact) mass is 321 g/mol. The number of amides is 2. The average Bonchev–Trinajstić information content (AvgIpc) is 3.10. The molecule has 3 rings (SSSR count). The summed E-state index contributed by atoms with van der Waals surface area (Å²) in [6.07, 6.45) is 4.18. The Morgan fingerprint density at radius 1 is 1.41 bits per heavy atom. The third-order valence-electron chi connectivity index (χ3n) is 4.70. The highest BCUT2D eigenvalue weighted by atomic mass is 32.1. The van der Waals surface area contributed by atoms with Crippen molar-refractivity contribution in [1.29, 1.82) is 0 Å². The van der Waals surface area contributed by atoms with Crippen molar-refractivity contribution in [2.24, 2.45) is 5.92 Å². The SMILES string of the molecule is CC(=O)N1CC[C@@H](C(=O)NC[C@@H]2CCCc3sc(C)nc32)C1. The van der Waals surface area contributed by atoms with Crippen molar-refractivity contribution >= 4 is 23.2 Å². The molecule has 22 heavy (non-hydrogen) atoms. The van der Waals surface area contributed by atoms with Crippen LogP contribution in [0.3, 0.4) is 0 Å². The minimum Gasteiger partial charge on any atom is -0.355 e. The summed E-state index contributed by atoms with van der Waals surface area (Å²) < 4.78 is 0. The summed E-state index contributed by atoms with van der Waals surface area (Å²) in [6, 6.07) is 0. The molecule has 0 spiro atoms. The van der Waals surface area contributed by atoms with Gasteiger partial charge in [0.1, 0.15) is 0 Å². The molecular weight excluding hydrogens is 298 g/mol. The van der Waals surface area contributed by atoms with E-state index in [9.17, 15) is 9.59 Å². The van der Waals surface area contributed by atoms with Gasteiger partial charge < -0.3 is 10.2 Å². The van der Waals surface area contributed by atoms with Gasteiger partial charge in [0.25, 0.3) is 0 Å². The van der Waals surface area contributed by atoms with E-state index in [1.165, 1.54) is 17.0 Å². The van der Waals surface area contributed by atoms with Gasteiger partial charge in [0.2, 0.25) is 11.8 Å². The molecule has 1 aliphatic carbocycles. The van der Waals surface area contributed by atoms with Crippen LogP contribution >= 0.6 is 11.3 Å². The Balaban J connectivity index is 1.55. The van der Waals surface area contributed by atoms with Crippen LogP contribution < -0.4 is 5.32 Å². The van der Waals surface area contributed by atoms with E-state index >= 15 is 0 Å². The summed E-state index contributed by atoms with van der Waals surface area (Å²) in [7, 11) is 0.